The number of amides is 1. The van der Waals surface area contributed by atoms with E-state index in [9.17, 15) is 4.79 Å². The molecule has 1 aromatic heterocycles. The molecular formula is C22H25N3O3. The van der Waals surface area contributed by atoms with Gasteiger partial charge in [0.15, 0.2) is 0 Å². The molecule has 0 saturated carbocycles. The van der Waals surface area contributed by atoms with Crippen LogP contribution in [0.25, 0.3) is 22.4 Å². The molecule has 4 rings (SSSR count). The SMILES string of the molecule is CC(C)(C)OC(=O)N1CCC(Oc2ccccc2-c2nc3ccccc3[nH]2)C1. The van der Waals surface area contributed by atoms with Crippen LogP contribution in [-0.2, 0) is 4.74 Å². The van der Waals surface area contributed by atoms with Gasteiger partial charge in [0.1, 0.15) is 23.3 Å². The van der Waals surface area contributed by atoms with E-state index in [0.29, 0.717) is 13.1 Å². The van der Waals surface area contributed by atoms with E-state index in [1.165, 1.54) is 0 Å². The highest BCUT2D eigenvalue weighted by molar-refractivity contribution is 5.80. The zero-order valence-corrected chi connectivity index (χ0v) is 16.4. The molecule has 3 aromatic rings. The van der Waals surface area contributed by atoms with Gasteiger partial charge in [-0.3, -0.25) is 0 Å². The summed E-state index contributed by atoms with van der Waals surface area (Å²) in [5, 5.41) is 0. The molecule has 1 aliphatic heterocycles. The van der Waals surface area contributed by atoms with E-state index in [4.69, 9.17) is 9.47 Å². The zero-order valence-electron chi connectivity index (χ0n) is 16.4. The molecule has 1 N–H and O–H groups in total. The number of benzene rings is 2. The van der Waals surface area contributed by atoms with E-state index in [2.05, 4.69) is 9.97 Å². The first-order valence-electron chi connectivity index (χ1n) is 9.58. The van der Waals surface area contributed by atoms with Crippen molar-refractivity contribution in [2.24, 2.45) is 0 Å². The molecule has 6 heteroatoms. The maximum Gasteiger partial charge on any atom is 0.410 e. The molecule has 1 amide bonds. The number of nitrogens with one attached hydrogen (secondary N) is 1. The number of nitrogens with zero attached hydrogens (tertiary/aromatic N) is 2. The number of para-hydroxylation sites is 3. The van der Waals surface area contributed by atoms with Gasteiger partial charge in [-0.1, -0.05) is 24.3 Å². The molecule has 2 aromatic carbocycles. The number of carbonyl (C=O) groups is 1. The second-order valence-electron chi connectivity index (χ2n) is 8.05. The maximum absolute atomic E-state index is 12.3. The fourth-order valence-corrected chi connectivity index (χ4v) is 3.34. The van der Waals surface area contributed by atoms with E-state index in [0.717, 1.165) is 34.6 Å². The van der Waals surface area contributed by atoms with Gasteiger partial charge in [-0.15, -0.1) is 0 Å². The number of imidazole rings is 1. The van der Waals surface area contributed by atoms with Crippen molar-refractivity contribution in [1.82, 2.24) is 14.9 Å². The smallest absolute Gasteiger partial charge is 0.410 e. The second-order valence-corrected chi connectivity index (χ2v) is 8.05. The minimum Gasteiger partial charge on any atom is -0.488 e. The molecule has 28 heavy (non-hydrogen) atoms. The Morgan fingerprint density at radius 1 is 1.14 bits per heavy atom. The van der Waals surface area contributed by atoms with Crippen LogP contribution in [0.4, 0.5) is 4.79 Å². The molecule has 1 unspecified atom stereocenters. The van der Waals surface area contributed by atoms with Gasteiger partial charge >= 0.3 is 6.09 Å². The first-order valence-corrected chi connectivity index (χ1v) is 9.58. The second kappa shape index (κ2) is 7.19. The Labute approximate surface area is 164 Å². The minimum atomic E-state index is -0.496. The Morgan fingerprint density at radius 3 is 2.68 bits per heavy atom. The molecule has 0 spiro atoms. The van der Waals surface area contributed by atoms with Gasteiger partial charge in [-0.25, -0.2) is 9.78 Å². The molecule has 1 aliphatic rings. The summed E-state index contributed by atoms with van der Waals surface area (Å²) in [6.45, 7) is 6.77. The number of rotatable bonds is 3. The number of carbonyl (C=O) groups excluding carboxylic acids is 1. The lowest BCUT2D eigenvalue weighted by Crippen LogP contribution is -2.36. The summed E-state index contributed by atoms with van der Waals surface area (Å²) in [5.41, 5.74) is 2.33. The molecule has 146 valence electrons. The Balaban J connectivity index is 1.50. The molecule has 6 nitrogen and oxygen atoms in total. The van der Waals surface area contributed by atoms with Gasteiger partial charge in [0.25, 0.3) is 0 Å². The summed E-state index contributed by atoms with van der Waals surface area (Å²) < 4.78 is 11.7. The number of aromatic nitrogens is 2. The topological polar surface area (TPSA) is 67.4 Å². The van der Waals surface area contributed by atoms with Crippen LogP contribution in [0.3, 0.4) is 0 Å². The van der Waals surface area contributed by atoms with Crippen LogP contribution in [0, 0.1) is 0 Å². The van der Waals surface area contributed by atoms with Gasteiger partial charge in [0, 0.05) is 13.0 Å². The van der Waals surface area contributed by atoms with E-state index >= 15 is 0 Å². The van der Waals surface area contributed by atoms with Crippen LogP contribution in [0.15, 0.2) is 48.5 Å². The standard InChI is InChI=1S/C22H25N3O3/c1-22(2,3)28-21(26)25-13-12-15(14-25)27-19-11-7-4-8-16(19)20-23-17-9-5-6-10-18(17)24-20/h4-11,15H,12-14H2,1-3H3,(H,23,24). The van der Waals surface area contributed by atoms with Crippen LogP contribution in [0.1, 0.15) is 27.2 Å². The molecule has 0 bridgehead atoms. The molecule has 2 heterocycles. The van der Waals surface area contributed by atoms with Crippen LogP contribution in [0.2, 0.25) is 0 Å². The maximum atomic E-state index is 12.3. The van der Waals surface area contributed by atoms with E-state index < -0.39 is 5.60 Å². The third kappa shape index (κ3) is 3.96. The monoisotopic (exact) mass is 379 g/mol. The third-order valence-corrected chi connectivity index (χ3v) is 4.62. The van der Waals surface area contributed by atoms with Crippen molar-refractivity contribution < 1.29 is 14.3 Å². The minimum absolute atomic E-state index is 0.0713. The van der Waals surface area contributed by atoms with Gasteiger partial charge in [0.2, 0.25) is 0 Å². The predicted molar refractivity (Wildman–Crippen MR) is 108 cm³/mol. The molecule has 1 atom stereocenters. The van der Waals surface area contributed by atoms with Crippen molar-refractivity contribution >= 4 is 17.1 Å². The van der Waals surface area contributed by atoms with Crippen molar-refractivity contribution in [3.8, 4) is 17.1 Å². The lowest BCUT2D eigenvalue weighted by molar-refractivity contribution is 0.0276. The highest BCUT2D eigenvalue weighted by atomic mass is 16.6. The quantitative estimate of drug-likeness (QED) is 0.721. The van der Waals surface area contributed by atoms with Crippen molar-refractivity contribution in [1.29, 1.82) is 0 Å². The number of ether oxygens (including phenoxy) is 2. The fraction of sp³-hybridized carbons (Fsp3) is 0.364. The summed E-state index contributed by atoms with van der Waals surface area (Å²) in [7, 11) is 0. The normalized spacial score (nSPS) is 17.1. The lowest BCUT2D eigenvalue weighted by atomic mass is 10.2. The Bertz CT molecular complexity index is 957. The van der Waals surface area contributed by atoms with Gasteiger partial charge in [0.05, 0.1) is 23.1 Å². The van der Waals surface area contributed by atoms with Crippen molar-refractivity contribution in [3.63, 3.8) is 0 Å². The Kier molecular flexibility index (Phi) is 4.71. The molecule has 0 aliphatic carbocycles. The lowest BCUT2D eigenvalue weighted by Gasteiger charge is -2.24. The molecule has 0 radical (unpaired) electrons. The average Bonchev–Trinajstić information content (AvgIpc) is 3.27. The third-order valence-electron chi connectivity index (χ3n) is 4.62. The highest BCUT2D eigenvalue weighted by Crippen LogP contribution is 2.31. The number of fused-ring (bicyclic) bond motifs is 1. The van der Waals surface area contributed by atoms with Gasteiger partial charge < -0.3 is 19.4 Å². The van der Waals surface area contributed by atoms with E-state index in [1.807, 2.05) is 69.3 Å². The Hall–Kier alpha value is -3.02. The largest absolute Gasteiger partial charge is 0.488 e. The summed E-state index contributed by atoms with van der Waals surface area (Å²) in [6, 6.07) is 15.8. The molecule has 1 fully saturated rings. The van der Waals surface area contributed by atoms with Gasteiger partial charge in [-0.05, 0) is 45.0 Å². The van der Waals surface area contributed by atoms with Crippen molar-refractivity contribution in [2.45, 2.75) is 38.9 Å². The van der Waals surface area contributed by atoms with Crippen LogP contribution in [0.5, 0.6) is 5.75 Å². The van der Waals surface area contributed by atoms with E-state index in [1.54, 1.807) is 4.90 Å². The summed E-state index contributed by atoms with van der Waals surface area (Å²) >= 11 is 0. The first-order chi connectivity index (χ1) is 13.4. The number of likely N-dealkylation sites (tertiary alicyclic amines) is 1. The Morgan fingerprint density at radius 2 is 1.89 bits per heavy atom. The summed E-state index contributed by atoms with van der Waals surface area (Å²) in [6.07, 6.45) is 0.412. The molecule has 1 saturated heterocycles. The molecular weight excluding hydrogens is 354 g/mol. The van der Waals surface area contributed by atoms with Crippen LogP contribution in [-0.4, -0.2) is 45.8 Å². The fourth-order valence-electron chi connectivity index (χ4n) is 3.34. The van der Waals surface area contributed by atoms with Crippen molar-refractivity contribution in [2.75, 3.05) is 13.1 Å². The predicted octanol–water partition coefficient (Wildman–Crippen LogP) is 4.62. The zero-order chi connectivity index (χ0) is 19.7. The first kappa shape index (κ1) is 18.3. The number of H-pyrrole nitrogens is 1. The van der Waals surface area contributed by atoms with Crippen LogP contribution < -0.4 is 4.74 Å². The number of aromatic amines is 1. The average molecular weight is 379 g/mol. The number of hydrogen-bond donors (Lipinski definition) is 1. The number of hydrogen-bond acceptors (Lipinski definition) is 4. The van der Waals surface area contributed by atoms with Crippen molar-refractivity contribution in [3.05, 3.63) is 48.5 Å². The highest BCUT2D eigenvalue weighted by Gasteiger charge is 2.31. The summed E-state index contributed by atoms with van der Waals surface area (Å²) in [5.74, 6) is 1.54. The summed E-state index contributed by atoms with van der Waals surface area (Å²) in [4.78, 5) is 22.0. The van der Waals surface area contributed by atoms with Crippen LogP contribution >= 0.6 is 0 Å². The van der Waals surface area contributed by atoms with E-state index in [-0.39, 0.29) is 12.2 Å². The van der Waals surface area contributed by atoms with Gasteiger partial charge in [-0.2, -0.15) is 0 Å².